The van der Waals surface area contributed by atoms with E-state index in [2.05, 4.69) is 4.72 Å². The molecule has 8 heteroatoms. The van der Waals surface area contributed by atoms with Crippen LogP contribution in [0.3, 0.4) is 0 Å². The summed E-state index contributed by atoms with van der Waals surface area (Å²) in [6.45, 7) is -0.0251. The van der Waals surface area contributed by atoms with Crippen molar-refractivity contribution in [3.63, 3.8) is 0 Å². The lowest BCUT2D eigenvalue weighted by Crippen LogP contribution is -2.10. The zero-order valence-electron chi connectivity index (χ0n) is 12.0. The van der Waals surface area contributed by atoms with Crippen LogP contribution in [0.1, 0.15) is 10.4 Å². The van der Waals surface area contributed by atoms with Crippen molar-refractivity contribution in [3.8, 4) is 5.75 Å². The quantitative estimate of drug-likeness (QED) is 0.893. The number of Topliss-reactive ketones (excluding diaryl/α,β-unsaturated/α-hetero) is 1. The van der Waals surface area contributed by atoms with Gasteiger partial charge in [-0.15, -0.1) is 0 Å². The van der Waals surface area contributed by atoms with E-state index >= 15 is 0 Å². The first-order valence-electron chi connectivity index (χ1n) is 6.57. The van der Waals surface area contributed by atoms with Gasteiger partial charge in [0.1, 0.15) is 5.75 Å². The summed E-state index contributed by atoms with van der Waals surface area (Å²) in [7, 11) is -3.45. The molecule has 0 radical (unpaired) electrons. The Hall–Kier alpha value is -1.70. The standard InChI is InChI=1S/C15H12ClNO4S2/c1-23(19,20)17-12-7-14-11(13(18)8-21-14)6-15(12)22-10-4-2-9(16)3-5-10/h2-7,17H,8H2,1H3. The van der Waals surface area contributed by atoms with E-state index in [9.17, 15) is 13.2 Å². The van der Waals surface area contributed by atoms with Gasteiger partial charge in [-0.25, -0.2) is 8.42 Å². The summed E-state index contributed by atoms with van der Waals surface area (Å²) in [4.78, 5) is 13.3. The van der Waals surface area contributed by atoms with Crippen molar-refractivity contribution in [3.05, 3.63) is 47.0 Å². The molecule has 0 aromatic heterocycles. The van der Waals surface area contributed by atoms with E-state index in [-0.39, 0.29) is 12.4 Å². The zero-order chi connectivity index (χ0) is 16.6. The molecule has 1 aliphatic rings. The number of nitrogens with one attached hydrogen (secondary N) is 1. The van der Waals surface area contributed by atoms with Crippen LogP contribution in [0.25, 0.3) is 0 Å². The van der Waals surface area contributed by atoms with Gasteiger partial charge in [0.25, 0.3) is 0 Å². The van der Waals surface area contributed by atoms with Crippen LogP contribution in [0.2, 0.25) is 5.02 Å². The summed E-state index contributed by atoms with van der Waals surface area (Å²) >= 11 is 7.21. The van der Waals surface area contributed by atoms with Crippen molar-refractivity contribution in [2.75, 3.05) is 17.6 Å². The van der Waals surface area contributed by atoms with Crippen LogP contribution < -0.4 is 9.46 Å². The van der Waals surface area contributed by atoms with Crippen LogP contribution in [0.5, 0.6) is 5.75 Å². The predicted molar refractivity (Wildman–Crippen MR) is 90.3 cm³/mol. The highest BCUT2D eigenvalue weighted by Gasteiger charge is 2.24. The average molecular weight is 370 g/mol. The Labute approximate surface area is 143 Å². The number of rotatable bonds is 4. The average Bonchev–Trinajstić information content (AvgIpc) is 2.81. The van der Waals surface area contributed by atoms with Gasteiger partial charge in [-0.05, 0) is 30.3 Å². The number of ketones is 1. The minimum atomic E-state index is -3.45. The second kappa shape index (κ2) is 6.07. The minimum Gasteiger partial charge on any atom is -0.485 e. The number of halogens is 1. The molecule has 1 aliphatic heterocycles. The molecule has 23 heavy (non-hydrogen) atoms. The van der Waals surface area contributed by atoms with Crippen LogP contribution in [0.15, 0.2) is 46.2 Å². The topological polar surface area (TPSA) is 72.5 Å². The van der Waals surface area contributed by atoms with Gasteiger partial charge in [-0.1, -0.05) is 23.4 Å². The number of hydrogen-bond acceptors (Lipinski definition) is 5. The van der Waals surface area contributed by atoms with Crippen molar-refractivity contribution < 1.29 is 17.9 Å². The first kappa shape index (κ1) is 16.2. The summed E-state index contributed by atoms with van der Waals surface area (Å²) in [6, 6.07) is 10.3. The molecule has 0 fully saturated rings. The van der Waals surface area contributed by atoms with Crippen LogP contribution in [0, 0.1) is 0 Å². The van der Waals surface area contributed by atoms with Crippen molar-refractivity contribution in [2.45, 2.75) is 9.79 Å². The summed E-state index contributed by atoms with van der Waals surface area (Å²) in [5.41, 5.74) is 0.835. The minimum absolute atomic E-state index is 0.0251. The fourth-order valence-corrected chi connectivity index (χ4v) is 3.79. The Morgan fingerprint density at radius 2 is 1.91 bits per heavy atom. The molecular formula is C15H12ClNO4S2. The summed E-state index contributed by atoms with van der Waals surface area (Å²) in [5.74, 6) is 0.269. The third-order valence-electron chi connectivity index (χ3n) is 3.08. The highest BCUT2D eigenvalue weighted by atomic mass is 35.5. The maximum atomic E-state index is 11.8. The van der Waals surface area contributed by atoms with E-state index in [1.54, 1.807) is 24.3 Å². The molecule has 5 nitrogen and oxygen atoms in total. The first-order chi connectivity index (χ1) is 10.8. The van der Waals surface area contributed by atoms with Crippen molar-refractivity contribution in [1.29, 1.82) is 0 Å². The second-order valence-electron chi connectivity index (χ2n) is 4.99. The van der Waals surface area contributed by atoms with E-state index in [4.69, 9.17) is 16.3 Å². The van der Waals surface area contributed by atoms with Gasteiger partial charge in [0.05, 0.1) is 17.5 Å². The normalized spacial score (nSPS) is 13.6. The summed E-state index contributed by atoms with van der Waals surface area (Å²) in [6.07, 6.45) is 1.07. The molecule has 0 saturated carbocycles. The third kappa shape index (κ3) is 3.80. The van der Waals surface area contributed by atoms with Gasteiger partial charge in [-0.2, -0.15) is 0 Å². The molecule has 0 atom stereocenters. The van der Waals surface area contributed by atoms with Crippen molar-refractivity contribution in [1.82, 2.24) is 0 Å². The molecule has 2 aromatic rings. The number of sulfonamides is 1. The number of hydrogen-bond donors (Lipinski definition) is 1. The number of ether oxygens (including phenoxy) is 1. The molecule has 0 saturated heterocycles. The molecule has 0 aliphatic carbocycles. The Kier molecular flexibility index (Phi) is 4.27. The highest BCUT2D eigenvalue weighted by molar-refractivity contribution is 7.99. The Bertz CT molecular complexity index is 879. The molecular weight excluding hydrogens is 358 g/mol. The molecule has 0 unspecified atom stereocenters. The molecule has 2 aromatic carbocycles. The number of carbonyl (C=O) groups excluding carboxylic acids is 1. The van der Waals surface area contributed by atoms with Crippen LogP contribution in [0.4, 0.5) is 5.69 Å². The van der Waals surface area contributed by atoms with Gasteiger partial charge < -0.3 is 4.74 Å². The van der Waals surface area contributed by atoms with Crippen molar-refractivity contribution in [2.24, 2.45) is 0 Å². The fourth-order valence-electron chi connectivity index (χ4n) is 2.11. The molecule has 0 bridgehead atoms. The maximum Gasteiger partial charge on any atom is 0.229 e. The van der Waals surface area contributed by atoms with E-state index in [0.29, 0.717) is 26.9 Å². The van der Waals surface area contributed by atoms with E-state index in [1.165, 1.54) is 11.8 Å². The second-order valence-corrected chi connectivity index (χ2v) is 8.29. The lowest BCUT2D eigenvalue weighted by atomic mass is 10.1. The highest BCUT2D eigenvalue weighted by Crippen LogP contribution is 2.40. The SMILES string of the molecule is CS(=O)(=O)Nc1cc2c(cc1Sc1ccc(Cl)cc1)C(=O)CO2. The Balaban J connectivity index is 2.03. The van der Waals surface area contributed by atoms with E-state index < -0.39 is 10.0 Å². The maximum absolute atomic E-state index is 11.8. The van der Waals surface area contributed by atoms with Gasteiger partial charge in [0, 0.05) is 20.9 Å². The largest absolute Gasteiger partial charge is 0.485 e. The predicted octanol–water partition coefficient (Wildman–Crippen LogP) is 3.44. The Morgan fingerprint density at radius 3 is 2.57 bits per heavy atom. The number of benzene rings is 2. The fraction of sp³-hybridized carbons (Fsp3) is 0.133. The lowest BCUT2D eigenvalue weighted by molar-refractivity contribution is 0.0961. The number of carbonyl (C=O) groups is 1. The van der Waals surface area contributed by atoms with Gasteiger partial charge >= 0.3 is 0 Å². The molecule has 0 amide bonds. The smallest absolute Gasteiger partial charge is 0.229 e. The molecule has 1 N–H and O–H groups in total. The summed E-state index contributed by atoms with van der Waals surface area (Å²) < 4.78 is 30.9. The first-order valence-corrected chi connectivity index (χ1v) is 9.66. The van der Waals surface area contributed by atoms with Crippen LogP contribution in [-0.4, -0.2) is 27.1 Å². The number of fused-ring (bicyclic) bond motifs is 1. The lowest BCUT2D eigenvalue weighted by Gasteiger charge is -2.12. The van der Waals surface area contributed by atoms with Crippen molar-refractivity contribution >= 4 is 44.9 Å². The van der Waals surface area contributed by atoms with E-state index in [1.807, 2.05) is 12.1 Å². The Morgan fingerprint density at radius 1 is 1.22 bits per heavy atom. The van der Waals surface area contributed by atoms with Gasteiger partial charge in [-0.3, -0.25) is 9.52 Å². The van der Waals surface area contributed by atoms with E-state index in [0.717, 1.165) is 11.2 Å². The summed E-state index contributed by atoms with van der Waals surface area (Å²) in [5, 5.41) is 0.612. The van der Waals surface area contributed by atoms with Crippen LogP contribution >= 0.6 is 23.4 Å². The molecule has 3 rings (SSSR count). The molecule has 0 spiro atoms. The monoisotopic (exact) mass is 369 g/mol. The molecule has 1 heterocycles. The zero-order valence-corrected chi connectivity index (χ0v) is 14.4. The van der Waals surface area contributed by atoms with Gasteiger partial charge in [0.15, 0.2) is 6.61 Å². The van der Waals surface area contributed by atoms with Gasteiger partial charge in [0.2, 0.25) is 15.8 Å². The third-order valence-corrected chi connectivity index (χ3v) is 4.99. The molecule has 120 valence electrons. The number of anilines is 1. The van der Waals surface area contributed by atoms with Crippen LogP contribution in [-0.2, 0) is 10.0 Å².